The highest BCUT2D eigenvalue weighted by Gasteiger charge is 2.17. The molecule has 2 aromatic rings. The van der Waals surface area contributed by atoms with E-state index in [1.807, 2.05) is 0 Å². The van der Waals surface area contributed by atoms with Crippen LogP contribution in [0.3, 0.4) is 0 Å². The van der Waals surface area contributed by atoms with E-state index in [0.717, 1.165) is 9.35 Å². The van der Waals surface area contributed by atoms with Gasteiger partial charge in [0.1, 0.15) is 11.9 Å². The highest BCUT2D eigenvalue weighted by atomic mass is 79.9. The van der Waals surface area contributed by atoms with Gasteiger partial charge in [-0.25, -0.2) is 4.39 Å². The van der Waals surface area contributed by atoms with Crippen molar-refractivity contribution in [1.29, 1.82) is 0 Å². The average Bonchev–Trinajstić information content (AvgIpc) is 2.95. The van der Waals surface area contributed by atoms with E-state index < -0.39 is 6.04 Å². The first-order chi connectivity index (χ1) is 11.0. The van der Waals surface area contributed by atoms with Crippen molar-refractivity contribution in [3.05, 3.63) is 56.4 Å². The lowest BCUT2D eigenvalue weighted by Crippen LogP contribution is -2.45. The van der Waals surface area contributed by atoms with Crippen molar-refractivity contribution in [2.24, 2.45) is 0 Å². The number of carbonyl (C=O) groups is 2. The minimum atomic E-state index is -0.628. The maximum Gasteiger partial charge on any atom is 0.262 e. The topological polar surface area (TPSA) is 58.2 Å². The van der Waals surface area contributed by atoms with Gasteiger partial charge >= 0.3 is 0 Å². The fourth-order valence-electron chi connectivity index (χ4n) is 1.90. The van der Waals surface area contributed by atoms with Gasteiger partial charge in [0.05, 0.1) is 8.66 Å². The summed E-state index contributed by atoms with van der Waals surface area (Å²) in [7, 11) is 0. The second kappa shape index (κ2) is 8.21. The van der Waals surface area contributed by atoms with E-state index in [0.29, 0.717) is 17.8 Å². The summed E-state index contributed by atoms with van der Waals surface area (Å²) in [6, 6.07) is 8.99. The van der Waals surface area contributed by atoms with Crippen LogP contribution in [0.15, 0.2) is 40.2 Å². The molecule has 0 aliphatic carbocycles. The minimum absolute atomic E-state index is 0.254. The largest absolute Gasteiger partial charge is 0.354 e. The van der Waals surface area contributed by atoms with E-state index in [1.165, 1.54) is 23.5 Å². The molecular weight excluding hydrogens is 383 g/mol. The van der Waals surface area contributed by atoms with Crippen LogP contribution in [0.1, 0.15) is 22.2 Å². The van der Waals surface area contributed by atoms with Gasteiger partial charge in [-0.05, 0) is 59.1 Å². The summed E-state index contributed by atoms with van der Waals surface area (Å²) in [5.74, 6) is -0.813. The molecule has 122 valence electrons. The summed E-state index contributed by atoms with van der Waals surface area (Å²) in [6.45, 7) is 2.06. The predicted octanol–water partition coefficient (Wildman–Crippen LogP) is 3.13. The molecule has 7 heteroatoms. The van der Waals surface area contributed by atoms with Crippen molar-refractivity contribution in [2.45, 2.75) is 19.4 Å². The Morgan fingerprint density at radius 1 is 1.22 bits per heavy atom. The molecule has 0 spiro atoms. The Morgan fingerprint density at radius 3 is 2.52 bits per heavy atom. The molecule has 0 saturated carbocycles. The van der Waals surface area contributed by atoms with Crippen LogP contribution in [0.5, 0.6) is 0 Å². The fourth-order valence-corrected chi connectivity index (χ4v) is 3.19. The quantitative estimate of drug-likeness (QED) is 0.784. The lowest BCUT2D eigenvalue weighted by Gasteiger charge is -2.13. The number of carbonyl (C=O) groups excluding carboxylic acids is 2. The van der Waals surface area contributed by atoms with E-state index in [-0.39, 0.29) is 17.6 Å². The standard InChI is InChI=1S/C16H16BrFN2O2S/c1-10(20-16(22)13-6-7-14(17)23-13)15(21)19-9-8-11-2-4-12(18)5-3-11/h2-7,10H,8-9H2,1H3,(H,19,21)(H,20,22)/t10-/m0/s1. The van der Waals surface area contributed by atoms with Gasteiger partial charge in [0.25, 0.3) is 5.91 Å². The van der Waals surface area contributed by atoms with Crippen molar-refractivity contribution >= 4 is 39.1 Å². The molecule has 1 atom stereocenters. The molecule has 0 fully saturated rings. The van der Waals surface area contributed by atoms with Crippen LogP contribution in [-0.2, 0) is 11.2 Å². The van der Waals surface area contributed by atoms with Crippen LogP contribution in [0, 0.1) is 5.82 Å². The molecule has 2 amide bonds. The molecule has 23 heavy (non-hydrogen) atoms. The first-order valence-electron chi connectivity index (χ1n) is 7.04. The number of amides is 2. The Kier molecular flexibility index (Phi) is 6.29. The zero-order valence-electron chi connectivity index (χ0n) is 12.4. The van der Waals surface area contributed by atoms with Gasteiger partial charge in [-0.15, -0.1) is 11.3 Å². The molecule has 2 rings (SSSR count). The molecule has 4 nitrogen and oxygen atoms in total. The third-order valence-electron chi connectivity index (χ3n) is 3.16. The highest BCUT2D eigenvalue weighted by molar-refractivity contribution is 9.11. The third kappa shape index (κ3) is 5.44. The van der Waals surface area contributed by atoms with E-state index in [1.54, 1.807) is 31.2 Å². The van der Waals surface area contributed by atoms with E-state index in [4.69, 9.17) is 0 Å². The molecule has 0 aliphatic rings. The molecule has 1 aromatic heterocycles. The van der Waals surface area contributed by atoms with Gasteiger partial charge in [0.15, 0.2) is 0 Å². The number of benzene rings is 1. The monoisotopic (exact) mass is 398 g/mol. The summed E-state index contributed by atoms with van der Waals surface area (Å²) in [4.78, 5) is 24.5. The Labute approximate surface area is 146 Å². The molecule has 0 bridgehead atoms. The Balaban J connectivity index is 1.76. The number of halogens is 2. The van der Waals surface area contributed by atoms with Gasteiger partial charge in [-0.1, -0.05) is 12.1 Å². The molecule has 1 heterocycles. The molecule has 0 aliphatic heterocycles. The lowest BCUT2D eigenvalue weighted by atomic mass is 10.1. The van der Waals surface area contributed by atoms with Crippen molar-refractivity contribution < 1.29 is 14.0 Å². The van der Waals surface area contributed by atoms with Gasteiger partial charge in [0.2, 0.25) is 5.91 Å². The minimum Gasteiger partial charge on any atom is -0.354 e. The first-order valence-corrected chi connectivity index (χ1v) is 8.65. The van der Waals surface area contributed by atoms with Crippen molar-refractivity contribution in [3.63, 3.8) is 0 Å². The van der Waals surface area contributed by atoms with Crippen LogP contribution in [0.4, 0.5) is 4.39 Å². The van der Waals surface area contributed by atoms with Crippen molar-refractivity contribution in [1.82, 2.24) is 10.6 Å². The van der Waals surface area contributed by atoms with Crippen LogP contribution < -0.4 is 10.6 Å². The molecular formula is C16H16BrFN2O2S. The summed E-state index contributed by atoms with van der Waals surface area (Å²) in [5, 5.41) is 5.41. The fraction of sp³-hybridized carbons (Fsp3) is 0.250. The Hall–Kier alpha value is -1.73. The second-order valence-corrected chi connectivity index (χ2v) is 7.43. The van der Waals surface area contributed by atoms with Crippen LogP contribution in [-0.4, -0.2) is 24.4 Å². The third-order valence-corrected chi connectivity index (χ3v) is 4.79. The van der Waals surface area contributed by atoms with Crippen LogP contribution in [0.2, 0.25) is 0 Å². The summed E-state index contributed by atoms with van der Waals surface area (Å²) < 4.78 is 13.7. The predicted molar refractivity (Wildman–Crippen MR) is 92.1 cm³/mol. The van der Waals surface area contributed by atoms with Gasteiger partial charge in [-0.2, -0.15) is 0 Å². The smallest absolute Gasteiger partial charge is 0.262 e. The molecule has 2 N–H and O–H groups in total. The maximum absolute atomic E-state index is 12.8. The SMILES string of the molecule is C[C@H](NC(=O)c1ccc(Br)s1)C(=O)NCCc1ccc(F)cc1. The van der Waals surface area contributed by atoms with Gasteiger partial charge in [-0.3, -0.25) is 9.59 Å². The maximum atomic E-state index is 12.8. The number of thiophene rings is 1. The Bertz CT molecular complexity index is 688. The number of hydrogen-bond donors (Lipinski definition) is 2. The van der Waals surface area contributed by atoms with E-state index in [2.05, 4.69) is 26.6 Å². The zero-order chi connectivity index (χ0) is 16.8. The van der Waals surface area contributed by atoms with Gasteiger partial charge < -0.3 is 10.6 Å². The van der Waals surface area contributed by atoms with Crippen LogP contribution in [0.25, 0.3) is 0 Å². The summed E-state index contributed by atoms with van der Waals surface area (Å²) in [5.41, 5.74) is 0.937. The molecule has 1 aromatic carbocycles. The van der Waals surface area contributed by atoms with Crippen molar-refractivity contribution in [2.75, 3.05) is 6.54 Å². The molecule has 0 saturated heterocycles. The van der Waals surface area contributed by atoms with E-state index >= 15 is 0 Å². The highest BCUT2D eigenvalue weighted by Crippen LogP contribution is 2.21. The number of rotatable bonds is 6. The summed E-state index contributed by atoms with van der Waals surface area (Å²) in [6.07, 6.45) is 0.602. The second-order valence-electron chi connectivity index (χ2n) is 4.97. The number of nitrogens with one attached hydrogen (secondary N) is 2. The van der Waals surface area contributed by atoms with Crippen LogP contribution >= 0.6 is 27.3 Å². The number of hydrogen-bond acceptors (Lipinski definition) is 3. The summed E-state index contributed by atoms with van der Waals surface area (Å²) >= 11 is 4.60. The first kappa shape index (κ1) is 17.6. The van der Waals surface area contributed by atoms with Crippen molar-refractivity contribution in [3.8, 4) is 0 Å². The lowest BCUT2D eigenvalue weighted by molar-refractivity contribution is -0.122. The molecule has 0 radical (unpaired) electrons. The average molecular weight is 399 g/mol. The molecule has 0 unspecified atom stereocenters. The van der Waals surface area contributed by atoms with Gasteiger partial charge in [0, 0.05) is 6.54 Å². The van der Waals surface area contributed by atoms with E-state index in [9.17, 15) is 14.0 Å². The zero-order valence-corrected chi connectivity index (χ0v) is 14.8. The Morgan fingerprint density at radius 2 is 1.91 bits per heavy atom. The normalized spacial score (nSPS) is 11.8.